The SMILES string of the molecule is COc1cc(C)cc2c1C=C1C(=O)CC[C@H](O)C1O2. The van der Waals surface area contributed by atoms with E-state index >= 15 is 0 Å². The van der Waals surface area contributed by atoms with E-state index in [0.717, 1.165) is 11.1 Å². The second-order valence-corrected chi connectivity index (χ2v) is 5.05. The van der Waals surface area contributed by atoms with Crippen molar-refractivity contribution in [3.8, 4) is 11.5 Å². The van der Waals surface area contributed by atoms with Crippen molar-refractivity contribution in [1.29, 1.82) is 0 Å². The molecule has 0 aromatic heterocycles. The van der Waals surface area contributed by atoms with Crippen LogP contribution in [0.4, 0.5) is 0 Å². The molecule has 4 heteroatoms. The predicted octanol–water partition coefficient (Wildman–Crippen LogP) is 1.87. The Bertz CT molecular complexity index is 574. The molecule has 1 unspecified atom stereocenters. The van der Waals surface area contributed by atoms with Gasteiger partial charge in [-0.15, -0.1) is 0 Å². The summed E-state index contributed by atoms with van der Waals surface area (Å²) in [4.78, 5) is 12.0. The van der Waals surface area contributed by atoms with Gasteiger partial charge < -0.3 is 14.6 Å². The van der Waals surface area contributed by atoms with Crippen LogP contribution in [0.1, 0.15) is 24.0 Å². The molecule has 2 aliphatic rings. The number of carbonyl (C=O) groups is 1. The lowest BCUT2D eigenvalue weighted by molar-refractivity contribution is -0.120. The summed E-state index contributed by atoms with van der Waals surface area (Å²) in [6, 6.07) is 3.81. The molecule has 1 aromatic rings. The summed E-state index contributed by atoms with van der Waals surface area (Å²) < 4.78 is 11.2. The summed E-state index contributed by atoms with van der Waals surface area (Å²) in [5, 5.41) is 9.99. The number of aryl methyl sites for hydroxylation is 1. The molecule has 1 aliphatic heterocycles. The lowest BCUT2D eigenvalue weighted by atomic mass is 9.85. The van der Waals surface area contributed by atoms with Crippen LogP contribution in [-0.4, -0.2) is 30.2 Å². The molecule has 0 radical (unpaired) electrons. The highest BCUT2D eigenvalue weighted by Gasteiger charge is 2.37. The maximum Gasteiger partial charge on any atom is 0.162 e. The summed E-state index contributed by atoms with van der Waals surface area (Å²) in [7, 11) is 1.59. The summed E-state index contributed by atoms with van der Waals surface area (Å²) >= 11 is 0. The molecule has 2 atom stereocenters. The minimum Gasteiger partial charge on any atom is -0.496 e. The van der Waals surface area contributed by atoms with Crippen LogP contribution < -0.4 is 9.47 Å². The van der Waals surface area contributed by atoms with Crippen molar-refractivity contribution in [2.24, 2.45) is 0 Å². The number of fused-ring (bicyclic) bond motifs is 2. The Kier molecular flexibility index (Phi) is 2.82. The van der Waals surface area contributed by atoms with Gasteiger partial charge in [-0.3, -0.25) is 4.79 Å². The average molecular weight is 260 g/mol. The highest BCUT2D eigenvalue weighted by Crippen LogP contribution is 2.40. The third-order valence-corrected chi connectivity index (χ3v) is 3.67. The number of ketones is 1. The minimum absolute atomic E-state index is 0.0450. The fourth-order valence-electron chi connectivity index (χ4n) is 2.68. The molecule has 1 aromatic carbocycles. The highest BCUT2D eigenvalue weighted by molar-refractivity contribution is 6.02. The van der Waals surface area contributed by atoms with Gasteiger partial charge in [-0.25, -0.2) is 0 Å². The topological polar surface area (TPSA) is 55.8 Å². The monoisotopic (exact) mass is 260 g/mol. The quantitative estimate of drug-likeness (QED) is 0.837. The van der Waals surface area contributed by atoms with Crippen molar-refractivity contribution < 1.29 is 19.4 Å². The molecule has 1 aliphatic carbocycles. The largest absolute Gasteiger partial charge is 0.496 e. The van der Waals surface area contributed by atoms with Crippen LogP contribution in [0.25, 0.3) is 6.08 Å². The average Bonchev–Trinajstić information content (AvgIpc) is 2.40. The molecular weight excluding hydrogens is 244 g/mol. The number of carbonyl (C=O) groups excluding carboxylic acids is 1. The van der Waals surface area contributed by atoms with Crippen LogP contribution in [-0.2, 0) is 4.79 Å². The molecule has 4 nitrogen and oxygen atoms in total. The number of Topliss-reactive ketones (excluding diaryl/α,β-unsaturated/α-hetero) is 1. The zero-order valence-corrected chi connectivity index (χ0v) is 11.0. The van der Waals surface area contributed by atoms with Gasteiger partial charge in [0.15, 0.2) is 11.9 Å². The van der Waals surface area contributed by atoms with E-state index in [0.29, 0.717) is 29.9 Å². The van der Waals surface area contributed by atoms with Gasteiger partial charge in [0.1, 0.15) is 11.5 Å². The fourth-order valence-corrected chi connectivity index (χ4v) is 2.68. The van der Waals surface area contributed by atoms with Crippen LogP contribution >= 0.6 is 0 Å². The van der Waals surface area contributed by atoms with Crippen LogP contribution in [0.5, 0.6) is 11.5 Å². The molecule has 1 saturated carbocycles. The Labute approximate surface area is 111 Å². The predicted molar refractivity (Wildman–Crippen MR) is 70.4 cm³/mol. The third-order valence-electron chi connectivity index (χ3n) is 3.67. The van der Waals surface area contributed by atoms with E-state index in [4.69, 9.17) is 9.47 Å². The lowest BCUT2D eigenvalue weighted by Crippen LogP contribution is -2.42. The van der Waals surface area contributed by atoms with Gasteiger partial charge in [-0.1, -0.05) is 0 Å². The zero-order chi connectivity index (χ0) is 13.6. The van der Waals surface area contributed by atoms with E-state index < -0.39 is 12.2 Å². The first-order chi connectivity index (χ1) is 9.10. The number of aliphatic hydroxyl groups excluding tert-OH is 1. The molecule has 1 heterocycles. The Hall–Kier alpha value is -1.81. The first kappa shape index (κ1) is 12.2. The first-order valence-corrected chi connectivity index (χ1v) is 6.38. The molecule has 1 fully saturated rings. The Balaban J connectivity index is 2.14. The van der Waals surface area contributed by atoms with E-state index in [-0.39, 0.29) is 5.78 Å². The molecule has 0 saturated heterocycles. The first-order valence-electron chi connectivity index (χ1n) is 6.38. The van der Waals surface area contributed by atoms with Crippen molar-refractivity contribution in [3.63, 3.8) is 0 Å². The zero-order valence-electron chi connectivity index (χ0n) is 11.0. The molecule has 0 amide bonds. The van der Waals surface area contributed by atoms with Gasteiger partial charge in [0.2, 0.25) is 0 Å². The maximum absolute atomic E-state index is 12.0. The van der Waals surface area contributed by atoms with E-state index in [9.17, 15) is 9.90 Å². The number of benzene rings is 1. The van der Waals surface area contributed by atoms with E-state index in [1.807, 2.05) is 19.1 Å². The van der Waals surface area contributed by atoms with Gasteiger partial charge in [0.05, 0.1) is 18.8 Å². The summed E-state index contributed by atoms with van der Waals surface area (Å²) in [6.45, 7) is 1.95. The van der Waals surface area contributed by atoms with Crippen molar-refractivity contribution >= 4 is 11.9 Å². The number of hydrogen-bond acceptors (Lipinski definition) is 4. The molecule has 3 rings (SSSR count). The standard InChI is InChI=1S/C15H16O4/c1-8-5-13(18-2)10-7-9-11(16)3-4-12(17)15(9)19-14(10)6-8/h5-7,12,15,17H,3-4H2,1-2H3/t12-,15?/m0/s1. The van der Waals surface area contributed by atoms with E-state index in [2.05, 4.69) is 0 Å². The van der Waals surface area contributed by atoms with Crippen molar-refractivity contribution in [3.05, 3.63) is 28.8 Å². The second-order valence-electron chi connectivity index (χ2n) is 5.05. The van der Waals surface area contributed by atoms with Crippen molar-refractivity contribution in [1.82, 2.24) is 0 Å². The van der Waals surface area contributed by atoms with Crippen LogP contribution in [0.15, 0.2) is 17.7 Å². The minimum atomic E-state index is -0.622. The normalized spacial score (nSPS) is 25.0. The number of rotatable bonds is 1. The van der Waals surface area contributed by atoms with E-state index in [1.54, 1.807) is 13.2 Å². The number of aliphatic hydroxyl groups is 1. The Morgan fingerprint density at radius 1 is 1.42 bits per heavy atom. The molecule has 19 heavy (non-hydrogen) atoms. The molecule has 0 spiro atoms. The molecular formula is C15H16O4. The number of ether oxygens (including phenoxy) is 2. The van der Waals surface area contributed by atoms with Gasteiger partial charge >= 0.3 is 0 Å². The second kappa shape index (κ2) is 4.38. The summed E-state index contributed by atoms with van der Waals surface area (Å²) in [6.07, 6.45) is 1.46. The van der Waals surface area contributed by atoms with Crippen LogP contribution in [0, 0.1) is 6.92 Å². The third kappa shape index (κ3) is 1.92. The van der Waals surface area contributed by atoms with Gasteiger partial charge in [-0.2, -0.15) is 0 Å². The Morgan fingerprint density at radius 3 is 2.95 bits per heavy atom. The lowest BCUT2D eigenvalue weighted by Gasteiger charge is -2.34. The fraction of sp³-hybridized carbons (Fsp3) is 0.400. The van der Waals surface area contributed by atoms with Crippen LogP contribution in [0.3, 0.4) is 0 Å². The maximum atomic E-state index is 12.0. The summed E-state index contributed by atoms with van der Waals surface area (Å²) in [5.74, 6) is 1.40. The van der Waals surface area contributed by atoms with Gasteiger partial charge in [0.25, 0.3) is 0 Å². The number of methoxy groups -OCH3 is 1. The van der Waals surface area contributed by atoms with Gasteiger partial charge in [0, 0.05) is 12.0 Å². The van der Waals surface area contributed by atoms with Crippen molar-refractivity contribution in [2.45, 2.75) is 32.0 Å². The molecule has 100 valence electrons. The molecule has 1 N–H and O–H groups in total. The van der Waals surface area contributed by atoms with Crippen molar-refractivity contribution in [2.75, 3.05) is 7.11 Å². The molecule has 0 bridgehead atoms. The highest BCUT2D eigenvalue weighted by atomic mass is 16.5. The van der Waals surface area contributed by atoms with E-state index in [1.165, 1.54) is 0 Å². The van der Waals surface area contributed by atoms with Gasteiger partial charge in [-0.05, 0) is 37.1 Å². The number of hydrogen-bond donors (Lipinski definition) is 1. The summed E-state index contributed by atoms with van der Waals surface area (Å²) in [5.41, 5.74) is 2.35. The van der Waals surface area contributed by atoms with Crippen LogP contribution in [0.2, 0.25) is 0 Å². The Morgan fingerprint density at radius 2 is 2.21 bits per heavy atom. The smallest absolute Gasteiger partial charge is 0.162 e.